The van der Waals surface area contributed by atoms with Gasteiger partial charge in [-0.25, -0.2) is 4.39 Å². The van der Waals surface area contributed by atoms with Gasteiger partial charge in [-0.15, -0.1) is 0 Å². The number of benzene rings is 2. The lowest BCUT2D eigenvalue weighted by Gasteiger charge is -2.07. The lowest BCUT2D eigenvalue weighted by Crippen LogP contribution is -2.23. The van der Waals surface area contributed by atoms with E-state index in [1.807, 2.05) is 0 Å². The number of rotatable bonds is 4. The predicted octanol–water partition coefficient (Wildman–Crippen LogP) is 4.16. The number of nitrogens with one attached hydrogen (secondary N) is 1. The molecule has 0 saturated heterocycles. The van der Waals surface area contributed by atoms with Crippen LogP contribution < -0.4 is 5.32 Å². The molecule has 5 heteroatoms. The van der Waals surface area contributed by atoms with Crippen LogP contribution in [0.5, 0.6) is 5.75 Å². The quantitative estimate of drug-likeness (QED) is 0.751. The molecule has 2 aromatic carbocycles. The Kier molecular flexibility index (Phi) is 5.84. The van der Waals surface area contributed by atoms with Crippen LogP contribution in [0.1, 0.15) is 23.3 Å². The van der Waals surface area contributed by atoms with E-state index in [9.17, 15) is 14.3 Å². The SMILES string of the molecule is C.O=C(NCc1cccc(F)c1)c1cncc(-c2ccc(O)cc2)c1. The molecule has 3 rings (SSSR count). The number of hydrogen-bond donors (Lipinski definition) is 2. The maximum atomic E-state index is 13.1. The molecule has 0 aliphatic heterocycles. The summed E-state index contributed by atoms with van der Waals surface area (Å²) in [5.74, 6) is -0.444. The van der Waals surface area contributed by atoms with E-state index in [0.29, 0.717) is 11.1 Å². The van der Waals surface area contributed by atoms with E-state index >= 15 is 0 Å². The third-order valence-corrected chi connectivity index (χ3v) is 3.54. The first-order chi connectivity index (χ1) is 11.6. The fraction of sp³-hybridized carbons (Fsp3) is 0.100. The summed E-state index contributed by atoms with van der Waals surface area (Å²) in [5.41, 5.74) is 2.72. The van der Waals surface area contributed by atoms with E-state index < -0.39 is 0 Å². The Labute approximate surface area is 146 Å². The number of carbonyl (C=O) groups is 1. The van der Waals surface area contributed by atoms with Gasteiger partial charge in [0.2, 0.25) is 0 Å². The number of aromatic hydroxyl groups is 1. The number of aromatic nitrogens is 1. The summed E-state index contributed by atoms with van der Waals surface area (Å²) in [6.07, 6.45) is 3.13. The number of pyridine rings is 1. The Bertz CT molecular complexity index is 864. The first kappa shape index (κ1) is 18.1. The maximum Gasteiger partial charge on any atom is 0.253 e. The van der Waals surface area contributed by atoms with Gasteiger partial charge < -0.3 is 10.4 Å². The fourth-order valence-electron chi connectivity index (χ4n) is 2.31. The van der Waals surface area contributed by atoms with E-state index in [4.69, 9.17) is 0 Å². The Morgan fingerprint density at radius 1 is 1.04 bits per heavy atom. The van der Waals surface area contributed by atoms with Crippen molar-refractivity contribution in [3.05, 3.63) is 83.9 Å². The van der Waals surface area contributed by atoms with Crippen LogP contribution in [0.3, 0.4) is 0 Å². The zero-order valence-corrected chi connectivity index (χ0v) is 12.7. The molecular weight excluding hydrogens is 319 g/mol. The van der Waals surface area contributed by atoms with Gasteiger partial charge in [-0.05, 0) is 41.5 Å². The molecule has 1 aromatic heterocycles. The normalized spacial score (nSPS) is 9.96. The predicted molar refractivity (Wildman–Crippen MR) is 95.6 cm³/mol. The smallest absolute Gasteiger partial charge is 0.253 e. The molecule has 2 N–H and O–H groups in total. The number of carbonyl (C=O) groups excluding carboxylic acids is 1. The van der Waals surface area contributed by atoms with Crippen LogP contribution >= 0.6 is 0 Å². The van der Waals surface area contributed by atoms with Crippen molar-refractivity contribution in [1.82, 2.24) is 10.3 Å². The molecule has 128 valence electrons. The van der Waals surface area contributed by atoms with Crippen LogP contribution in [0.25, 0.3) is 11.1 Å². The largest absolute Gasteiger partial charge is 0.508 e. The second-order valence-electron chi connectivity index (χ2n) is 5.32. The second kappa shape index (κ2) is 8.06. The molecule has 4 nitrogen and oxygen atoms in total. The minimum Gasteiger partial charge on any atom is -0.508 e. The standard InChI is InChI=1S/C19H15FN2O2.CH4/c20-17-3-1-2-13(8-17)10-22-19(24)16-9-15(11-21-12-16)14-4-6-18(23)7-5-14;/h1-9,11-12,23H,10H2,(H,22,24);1H4. The summed E-state index contributed by atoms with van der Waals surface area (Å²) in [6.45, 7) is 0.236. The number of hydrogen-bond acceptors (Lipinski definition) is 3. The molecule has 0 radical (unpaired) electrons. The van der Waals surface area contributed by atoms with Gasteiger partial charge in [-0.2, -0.15) is 0 Å². The van der Waals surface area contributed by atoms with Crippen molar-refractivity contribution in [3.8, 4) is 16.9 Å². The van der Waals surface area contributed by atoms with Crippen LogP contribution in [-0.4, -0.2) is 16.0 Å². The van der Waals surface area contributed by atoms with E-state index in [1.165, 1.54) is 18.3 Å². The van der Waals surface area contributed by atoms with Gasteiger partial charge in [0.1, 0.15) is 11.6 Å². The molecule has 0 atom stereocenters. The number of halogens is 1. The highest BCUT2D eigenvalue weighted by Crippen LogP contribution is 2.21. The summed E-state index contributed by atoms with van der Waals surface area (Å²) < 4.78 is 13.1. The van der Waals surface area contributed by atoms with Crippen LogP contribution in [0.15, 0.2) is 67.0 Å². The van der Waals surface area contributed by atoms with Gasteiger partial charge in [0.25, 0.3) is 5.91 Å². The van der Waals surface area contributed by atoms with Crippen molar-refractivity contribution in [2.45, 2.75) is 14.0 Å². The van der Waals surface area contributed by atoms with Crippen LogP contribution in [0, 0.1) is 5.82 Å². The highest BCUT2D eigenvalue weighted by atomic mass is 19.1. The zero-order valence-electron chi connectivity index (χ0n) is 12.7. The molecule has 0 fully saturated rings. The summed E-state index contributed by atoms with van der Waals surface area (Å²) in [4.78, 5) is 16.3. The van der Waals surface area contributed by atoms with Crippen molar-refractivity contribution in [2.24, 2.45) is 0 Å². The van der Waals surface area contributed by atoms with Crippen molar-refractivity contribution >= 4 is 5.91 Å². The minimum absolute atomic E-state index is 0. The zero-order chi connectivity index (χ0) is 16.9. The van der Waals surface area contributed by atoms with Gasteiger partial charge in [0.15, 0.2) is 0 Å². The van der Waals surface area contributed by atoms with E-state index in [0.717, 1.165) is 11.1 Å². The fourth-order valence-corrected chi connectivity index (χ4v) is 2.31. The monoisotopic (exact) mass is 338 g/mol. The summed E-state index contributed by atoms with van der Waals surface area (Å²) >= 11 is 0. The number of amides is 1. The molecule has 0 unspecified atom stereocenters. The summed E-state index contributed by atoms with van der Waals surface area (Å²) in [5, 5.41) is 12.1. The van der Waals surface area contributed by atoms with Crippen LogP contribution in [0.2, 0.25) is 0 Å². The van der Waals surface area contributed by atoms with Gasteiger partial charge in [0, 0.05) is 24.5 Å². The lowest BCUT2D eigenvalue weighted by atomic mass is 10.1. The van der Waals surface area contributed by atoms with Gasteiger partial charge in [-0.3, -0.25) is 9.78 Å². The average molecular weight is 338 g/mol. The molecule has 0 bridgehead atoms. The van der Waals surface area contributed by atoms with Crippen molar-refractivity contribution in [1.29, 1.82) is 0 Å². The first-order valence-electron chi connectivity index (χ1n) is 7.39. The highest BCUT2D eigenvalue weighted by molar-refractivity contribution is 5.95. The lowest BCUT2D eigenvalue weighted by molar-refractivity contribution is 0.0950. The van der Waals surface area contributed by atoms with Crippen molar-refractivity contribution < 1.29 is 14.3 Å². The molecule has 3 aromatic rings. The first-order valence-corrected chi connectivity index (χ1v) is 7.39. The molecule has 1 amide bonds. The van der Waals surface area contributed by atoms with Gasteiger partial charge in [0.05, 0.1) is 5.56 Å². The van der Waals surface area contributed by atoms with Crippen molar-refractivity contribution in [2.75, 3.05) is 0 Å². The van der Waals surface area contributed by atoms with Gasteiger partial charge >= 0.3 is 0 Å². The van der Waals surface area contributed by atoms with Crippen LogP contribution in [0.4, 0.5) is 4.39 Å². The molecule has 0 saturated carbocycles. The van der Waals surface area contributed by atoms with E-state index in [1.54, 1.807) is 48.7 Å². The third kappa shape index (κ3) is 4.64. The minimum atomic E-state index is -0.335. The second-order valence-corrected chi connectivity index (χ2v) is 5.32. The Balaban J connectivity index is 0.00000225. The van der Waals surface area contributed by atoms with Crippen LogP contribution in [-0.2, 0) is 6.54 Å². The third-order valence-electron chi connectivity index (χ3n) is 3.54. The van der Waals surface area contributed by atoms with E-state index in [-0.39, 0.29) is 31.4 Å². The molecule has 0 aliphatic carbocycles. The Morgan fingerprint density at radius 2 is 1.80 bits per heavy atom. The number of phenols is 1. The Morgan fingerprint density at radius 3 is 2.52 bits per heavy atom. The van der Waals surface area contributed by atoms with Crippen molar-refractivity contribution in [3.63, 3.8) is 0 Å². The topological polar surface area (TPSA) is 62.2 Å². The highest BCUT2D eigenvalue weighted by Gasteiger charge is 2.08. The average Bonchev–Trinajstić information content (AvgIpc) is 2.60. The Hall–Kier alpha value is -3.21. The summed E-state index contributed by atoms with van der Waals surface area (Å²) in [6, 6.07) is 14.5. The van der Waals surface area contributed by atoms with Gasteiger partial charge in [-0.1, -0.05) is 31.7 Å². The number of phenolic OH excluding ortho intramolecular Hbond substituents is 1. The molecule has 0 spiro atoms. The molecular formula is C20H19FN2O2. The number of nitrogens with zero attached hydrogens (tertiary/aromatic N) is 1. The summed E-state index contributed by atoms with van der Waals surface area (Å²) in [7, 11) is 0. The maximum absolute atomic E-state index is 13.1. The molecule has 1 heterocycles. The molecule has 0 aliphatic rings. The molecule has 25 heavy (non-hydrogen) atoms. The van der Waals surface area contributed by atoms with E-state index in [2.05, 4.69) is 10.3 Å².